The van der Waals surface area contributed by atoms with Crippen LogP contribution in [0.1, 0.15) is 16.7 Å². The van der Waals surface area contributed by atoms with Crippen LogP contribution in [0.5, 0.6) is 5.75 Å². The van der Waals surface area contributed by atoms with Crippen LogP contribution < -0.4 is 5.19 Å². The van der Waals surface area contributed by atoms with Crippen molar-refractivity contribution in [3.63, 3.8) is 0 Å². The Kier molecular flexibility index (Phi) is 2.05. The SMILES string of the molecule is Cc1cc([SiH3])c(C)c(C)c1O. The number of phenols is 1. The second-order valence-electron chi connectivity index (χ2n) is 3.11. The molecule has 2 heteroatoms. The molecular weight excluding hydrogens is 152 g/mol. The molecule has 0 saturated carbocycles. The molecule has 1 N–H and O–H groups in total. The Morgan fingerprint density at radius 3 is 2.27 bits per heavy atom. The predicted molar refractivity (Wildman–Crippen MR) is 51.9 cm³/mol. The minimum Gasteiger partial charge on any atom is -0.507 e. The molecule has 1 aromatic rings. The summed E-state index contributed by atoms with van der Waals surface area (Å²) < 4.78 is 0. The smallest absolute Gasteiger partial charge is 0.121 e. The lowest BCUT2D eigenvalue weighted by atomic mass is 10.1. The van der Waals surface area contributed by atoms with Gasteiger partial charge in [0.25, 0.3) is 0 Å². The Balaban J connectivity index is 3.46. The molecule has 0 saturated heterocycles. The molecule has 1 nitrogen and oxygen atoms in total. The van der Waals surface area contributed by atoms with E-state index in [4.69, 9.17) is 0 Å². The standard InChI is InChI=1S/C9H14OSi/c1-5-4-8(11)6(2)7(3)9(5)10/h4,10H,1-3,11H3. The first kappa shape index (κ1) is 8.33. The van der Waals surface area contributed by atoms with E-state index in [1.807, 2.05) is 13.8 Å². The van der Waals surface area contributed by atoms with E-state index in [0.29, 0.717) is 5.75 Å². The molecule has 0 aliphatic carbocycles. The maximum atomic E-state index is 9.53. The average molecular weight is 166 g/mol. The van der Waals surface area contributed by atoms with Crippen molar-refractivity contribution in [2.45, 2.75) is 20.8 Å². The summed E-state index contributed by atoms with van der Waals surface area (Å²) in [5, 5.41) is 10.9. The molecule has 60 valence electrons. The van der Waals surface area contributed by atoms with Gasteiger partial charge in [0.2, 0.25) is 0 Å². The monoisotopic (exact) mass is 166 g/mol. The van der Waals surface area contributed by atoms with Crippen molar-refractivity contribution in [3.8, 4) is 5.75 Å². The molecule has 0 atom stereocenters. The molecule has 0 unspecified atom stereocenters. The highest BCUT2D eigenvalue weighted by Crippen LogP contribution is 2.21. The van der Waals surface area contributed by atoms with E-state index in [2.05, 4.69) is 13.0 Å². The molecule has 0 fully saturated rings. The first-order valence-corrected chi connectivity index (χ1v) is 4.80. The zero-order chi connectivity index (χ0) is 8.59. The van der Waals surface area contributed by atoms with Crippen molar-refractivity contribution < 1.29 is 5.11 Å². The van der Waals surface area contributed by atoms with Crippen LogP contribution in [-0.2, 0) is 0 Å². The average Bonchev–Trinajstić information content (AvgIpc) is 1.97. The van der Waals surface area contributed by atoms with E-state index in [0.717, 1.165) is 21.4 Å². The highest BCUT2D eigenvalue weighted by Gasteiger charge is 2.04. The Morgan fingerprint density at radius 2 is 1.73 bits per heavy atom. The quantitative estimate of drug-likeness (QED) is 0.550. The number of benzene rings is 1. The molecule has 0 amide bonds. The van der Waals surface area contributed by atoms with Gasteiger partial charge < -0.3 is 5.11 Å². The minimum absolute atomic E-state index is 0.460. The van der Waals surface area contributed by atoms with Crippen LogP contribution in [0.25, 0.3) is 0 Å². The lowest BCUT2D eigenvalue weighted by Gasteiger charge is -2.09. The van der Waals surface area contributed by atoms with Gasteiger partial charge >= 0.3 is 0 Å². The third-order valence-electron chi connectivity index (χ3n) is 2.32. The number of aromatic hydroxyl groups is 1. The summed E-state index contributed by atoms with van der Waals surface area (Å²) in [5.41, 5.74) is 3.29. The molecule has 0 aliphatic rings. The Labute approximate surface area is 70.5 Å². The van der Waals surface area contributed by atoms with Gasteiger partial charge in [0.05, 0.1) is 0 Å². The highest BCUT2D eigenvalue weighted by atomic mass is 28.1. The molecule has 0 heterocycles. The maximum absolute atomic E-state index is 9.53. The molecule has 11 heavy (non-hydrogen) atoms. The number of phenolic OH excluding ortho intramolecular Hbond substituents is 1. The summed E-state index contributed by atoms with van der Waals surface area (Å²) in [5.74, 6) is 0.460. The summed E-state index contributed by atoms with van der Waals surface area (Å²) in [4.78, 5) is 0. The third-order valence-corrected chi connectivity index (χ3v) is 3.35. The molecule has 0 aromatic heterocycles. The fraction of sp³-hybridized carbons (Fsp3) is 0.333. The van der Waals surface area contributed by atoms with Gasteiger partial charge in [-0.25, -0.2) is 0 Å². The summed E-state index contributed by atoms with van der Waals surface area (Å²) in [6.45, 7) is 5.99. The predicted octanol–water partition coefficient (Wildman–Crippen LogP) is 0.308. The van der Waals surface area contributed by atoms with Gasteiger partial charge in [-0.1, -0.05) is 11.3 Å². The van der Waals surface area contributed by atoms with E-state index in [1.54, 1.807) is 0 Å². The van der Waals surface area contributed by atoms with Crippen molar-refractivity contribution in [2.24, 2.45) is 0 Å². The lowest BCUT2D eigenvalue weighted by molar-refractivity contribution is 0.466. The topological polar surface area (TPSA) is 20.2 Å². The zero-order valence-electron chi connectivity index (χ0n) is 7.52. The zero-order valence-corrected chi connectivity index (χ0v) is 9.52. The number of aryl methyl sites for hydroxylation is 1. The van der Waals surface area contributed by atoms with Crippen molar-refractivity contribution in [2.75, 3.05) is 0 Å². The van der Waals surface area contributed by atoms with Crippen molar-refractivity contribution in [1.82, 2.24) is 0 Å². The molecular formula is C9H14OSi. The number of rotatable bonds is 0. The second-order valence-corrected chi connectivity index (χ2v) is 4.19. The molecule has 1 aromatic carbocycles. The number of hydrogen-bond acceptors (Lipinski definition) is 1. The molecule has 0 aliphatic heterocycles. The van der Waals surface area contributed by atoms with E-state index < -0.39 is 0 Å². The van der Waals surface area contributed by atoms with Gasteiger partial charge in [0, 0.05) is 10.2 Å². The first-order chi connectivity index (χ1) is 5.04. The van der Waals surface area contributed by atoms with Crippen molar-refractivity contribution in [3.05, 3.63) is 22.8 Å². The van der Waals surface area contributed by atoms with Crippen LogP contribution in [0.15, 0.2) is 6.07 Å². The summed E-state index contributed by atoms with van der Waals surface area (Å²) in [6, 6.07) is 2.07. The Hall–Kier alpha value is -0.763. The Morgan fingerprint density at radius 1 is 1.18 bits per heavy atom. The van der Waals surface area contributed by atoms with E-state index in [9.17, 15) is 5.11 Å². The van der Waals surface area contributed by atoms with Gasteiger partial charge in [-0.15, -0.1) is 0 Å². The fourth-order valence-electron chi connectivity index (χ4n) is 1.27. The minimum atomic E-state index is 0.460. The van der Waals surface area contributed by atoms with Crippen LogP contribution in [0.4, 0.5) is 0 Å². The van der Waals surface area contributed by atoms with Crippen LogP contribution in [0, 0.1) is 20.8 Å². The summed E-state index contributed by atoms with van der Waals surface area (Å²) >= 11 is 0. The van der Waals surface area contributed by atoms with Crippen molar-refractivity contribution >= 4 is 15.4 Å². The summed E-state index contributed by atoms with van der Waals surface area (Å²) in [6.07, 6.45) is 0. The molecule has 0 bridgehead atoms. The largest absolute Gasteiger partial charge is 0.507 e. The lowest BCUT2D eigenvalue weighted by Crippen LogP contribution is -2.09. The van der Waals surface area contributed by atoms with Gasteiger partial charge in [-0.05, 0) is 37.5 Å². The van der Waals surface area contributed by atoms with E-state index in [-0.39, 0.29) is 0 Å². The van der Waals surface area contributed by atoms with Crippen LogP contribution in [0.3, 0.4) is 0 Å². The Bertz CT molecular complexity index is 266. The van der Waals surface area contributed by atoms with Gasteiger partial charge in [0.1, 0.15) is 5.75 Å². The normalized spacial score (nSPS) is 10.5. The first-order valence-electron chi connectivity index (χ1n) is 3.80. The summed E-state index contributed by atoms with van der Waals surface area (Å²) in [7, 11) is 1.06. The van der Waals surface area contributed by atoms with Crippen LogP contribution in [0.2, 0.25) is 0 Å². The maximum Gasteiger partial charge on any atom is 0.121 e. The third kappa shape index (κ3) is 1.31. The molecule has 1 rings (SSSR count). The molecule has 0 spiro atoms. The van der Waals surface area contributed by atoms with E-state index in [1.165, 1.54) is 10.8 Å². The van der Waals surface area contributed by atoms with E-state index >= 15 is 0 Å². The molecule has 0 radical (unpaired) electrons. The van der Waals surface area contributed by atoms with Gasteiger partial charge in [0.15, 0.2) is 0 Å². The highest BCUT2D eigenvalue weighted by molar-refractivity contribution is 6.33. The van der Waals surface area contributed by atoms with Gasteiger partial charge in [-0.2, -0.15) is 0 Å². The van der Waals surface area contributed by atoms with Crippen LogP contribution >= 0.6 is 0 Å². The van der Waals surface area contributed by atoms with Gasteiger partial charge in [-0.3, -0.25) is 0 Å². The second kappa shape index (κ2) is 2.70. The fourth-order valence-corrected chi connectivity index (χ4v) is 2.08. The van der Waals surface area contributed by atoms with Crippen LogP contribution in [-0.4, -0.2) is 15.3 Å². The van der Waals surface area contributed by atoms with Crippen molar-refractivity contribution in [1.29, 1.82) is 0 Å². The number of hydrogen-bond donors (Lipinski definition) is 1.